The summed E-state index contributed by atoms with van der Waals surface area (Å²) < 4.78 is 10.7. The molecular weight excluding hydrogens is 180 g/mol. The number of hydrogen-bond donors (Lipinski definition) is 1. The van der Waals surface area contributed by atoms with Crippen LogP contribution in [-0.2, 0) is 0 Å². The second-order valence-corrected chi connectivity index (χ2v) is 2.82. The molecule has 0 unspecified atom stereocenters. The highest BCUT2D eigenvalue weighted by Gasteiger charge is 2.10. The Labute approximate surface area is 84.0 Å². The van der Waals surface area contributed by atoms with Crippen molar-refractivity contribution in [2.45, 2.75) is 20.8 Å². The minimum absolute atomic E-state index is 0.529. The fourth-order valence-corrected chi connectivity index (χ4v) is 1.19. The van der Waals surface area contributed by atoms with E-state index >= 15 is 0 Å². The van der Waals surface area contributed by atoms with E-state index in [1.54, 1.807) is 6.20 Å². The third kappa shape index (κ3) is 2.07. The van der Waals surface area contributed by atoms with Crippen LogP contribution in [0.25, 0.3) is 0 Å². The van der Waals surface area contributed by atoms with Crippen molar-refractivity contribution in [2.75, 3.05) is 18.9 Å². The molecular formula is C10H16N2O2. The Morgan fingerprint density at radius 1 is 1.29 bits per heavy atom. The standard InChI is InChI=1S/C10H16N2O2/c1-4-13-8-6-12-7(3)10(9(8)11)14-5-2/h6H,4-5H2,1-3H3,(H2,11,12). The second kappa shape index (κ2) is 4.69. The van der Waals surface area contributed by atoms with E-state index in [1.807, 2.05) is 20.8 Å². The summed E-state index contributed by atoms with van der Waals surface area (Å²) in [5.41, 5.74) is 7.18. The second-order valence-electron chi connectivity index (χ2n) is 2.82. The number of aryl methyl sites for hydroxylation is 1. The Morgan fingerprint density at radius 3 is 2.50 bits per heavy atom. The van der Waals surface area contributed by atoms with Crippen molar-refractivity contribution in [1.29, 1.82) is 0 Å². The molecule has 0 saturated heterocycles. The third-order valence-corrected chi connectivity index (χ3v) is 1.80. The van der Waals surface area contributed by atoms with E-state index in [-0.39, 0.29) is 0 Å². The molecule has 0 aliphatic rings. The van der Waals surface area contributed by atoms with Crippen LogP contribution in [0.2, 0.25) is 0 Å². The lowest BCUT2D eigenvalue weighted by molar-refractivity contribution is 0.322. The normalized spacial score (nSPS) is 9.93. The number of aromatic nitrogens is 1. The lowest BCUT2D eigenvalue weighted by Gasteiger charge is -2.12. The quantitative estimate of drug-likeness (QED) is 0.797. The third-order valence-electron chi connectivity index (χ3n) is 1.80. The molecule has 14 heavy (non-hydrogen) atoms. The smallest absolute Gasteiger partial charge is 0.167 e. The number of pyridine rings is 1. The van der Waals surface area contributed by atoms with Gasteiger partial charge >= 0.3 is 0 Å². The summed E-state index contributed by atoms with van der Waals surface area (Å²) in [6.45, 7) is 6.81. The van der Waals surface area contributed by atoms with Crippen molar-refractivity contribution < 1.29 is 9.47 Å². The molecule has 1 aromatic rings. The maximum absolute atomic E-state index is 5.87. The molecule has 0 atom stereocenters. The van der Waals surface area contributed by atoms with Crippen LogP contribution in [0.4, 0.5) is 5.69 Å². The van der Waals surface area contributed by atoms with Crippen LogP contribution in [0.1, 0.15) is 19.5 Å². The van der Waals surface area contributed by atoms with Crippen molar-refractivity contribution in [3.63, 3.8) is 0 Å². The monoisotopic (exact) mass is 196 g/mol. The highest BCUT2D eigenvalue weighted by Crippen LogP contribution is 2.32. The van der Waals surface area contributed by atoms with Crippen LogP contribution < -0.4 is 15.2 Å². The summed E-state index contributed by atoms with van der Waals surface area (Å²) in [5, 5.41) is 0. The number of nitrogens with zero attached hydrogens (tertiary/aromatic N) is 1. The number of hydrogen-bond acceptors (Lipinski definition) is 4. The zero-order chi connectivity index (χ0) is 10.6. The van der Waals surface area contributed by atoms with Gasteiger partial charge in [0.15, 0.2) is 11.5 Å². The first-order valence-electron chi connectivity index (χ1n) is 4.71. The van der Waals surface area contributed by atoms with E-state index in [1.165, 1.54) is 0 Å². The molecule has 0 aromatic carbocycles. The molecule has 4 heteroatoms. The summed E-state index contributed by atoms with van der Waals surface area (Å²) in [6.07, 6.45) is 1.62. The Morgan fingerprint density at radius 2 is 1.93 bits per heavy atom. The van der Waals surface area contributed by atoms with Crippen molar-refractivity contribution in [3.05, 3.63) is 11.9 Å². The first-order valence-corrected chi connectivity index (χ1v) is 4.71. The number of nitrogens with two attached hydrogens (primary N) is 1. The van der Waals surface area contributed by atoms with Gasteiger partial charge in [-0.2, -0.15) is 0 Å². The highest BCUT2D eigenvalue weighted by molar-refractivity contribution is 5.63. The molecule has 1 aromatic heterocycles. The molecule has 0 amide bonds. The van der Waals surface area contributed by atoms with Gasteiger partial charge in [0.05, 0.1) is 25.1 Å². The van der Waals surface area contributed by atoms with E-state index in [0.29, 0.717) is 30.4 Å². The van der Waals surface area contributed by atoms with Gasteiger partial charge < -0.3 is 15.2 Å². The van der Waals surface area contributed by atoms with E-state index in [0.717, 1.165) is 5.69 Å². The average Bonchev–Trinajstić information content (AvgIpc) is 2.17. The molecule has 2 N–H and O–H groups in total. The van der Waals surface area contributed by atoms with Crippen molar-refractivity contribution in [3.8, 4) is 11.5 Å². The van der Waals surface area contributed by atoms with Crippen LogP contribution in [0, 0.1) is 6.92 Å². The van der Waals surface area contributed by atoms with Crippen LogP contribution in [-0.4, -0.2) is 18.2 Å². The Kier molecular flexibility index (Phi) is 3.56. The lowest BCUT2D eigenvalue weighted by atomic mass is 10.3. The van der Waals surface area contributed by atoms with E-state index in [2.05, 4.69) is 4.98 Å². The summed E-state index contributed by atoms with van der Waals surface area (Å²) in [7, 11) is 0. The van der Waals surface area contributed by atoms with Crippen LogP contribution in [0.5, 0.6) is 11.5 Å². The summed E-state index contributed by atoms with van der Waals surface area (Å²) in [4.78, 5) is 4.15. The van der Waals surface area contributed by atoms with Gasteiger partial charge in [-0.3, -0.25) is 4.98 Å². The Balaban J connectivity index is 3.05. The number of ether oxygens (including phenoxy) is 2. The molecule has 0 fully saturated rings. The van der Waals surface area contributed by atoms with Crippen molar-refractivity contribution in [2.24, 2.45) is 0 Å². The maximum Gasteiger partial charge on any atom is 0.167 e. The summed E-state index contributed by atoms with van der Waals surface area (Å²) in [6, 6.07) is 0. The van der Waals surface area contributed by atoms with E-state index < -0.39 is 0 Å². The lowest BCUT2D eigenvalue weighted by Crippen LogP contribution is -2.04. The van der Waals surface area contributed by atoms with Crippen molar-refractivity contribution >= 4 is 5.69 Å². The van der Waals surface area contributed by atoms with Gasteiger partial charge in [0.2, 0.25) is 0 Å². The first-order chi connectivity index (χ1) is 6.70. The van der Waals surface area contributed by atoms with E-state index in [4.69, 9.17) is 15.2 Å². The van der Waals surface area contributed by atoms with Gasteiger partial charge in [0.25, 0.3) is 0 Å². The topological polar surface area (TPSA) is 57.4 Å². The van der Waals surface area contributed by atoms with Crippen LogP contribution in [0.15, 0.2) is 6.20 Å². The molecule has 0 spiro atoms. The van der Waals surface area contributed by atoms with Gasteiger partial charge in [-0.25, -0.2) is 0 Å². The molecule has 0 radical (unpaired) electrons. The van der Waals surface area contributed by atoms with Crippen LogP contribution in [0.3, 0.4) is 0 Å². The van der Waals surface area contributed by atoms with Gasteiger partial charge in [0, 0.05) is 0 Å². The SMILES string of the molecule is CCOc1cnc(C)c(OCC)c1N. The van der Waals surface area contributed by atoms with Gasteiger partial charge in [-0.05, 0) is 20.8 Å². The van der Waals surface area contributed by atoms with Gasteiger partial charge in [-0.1, -0.05) is 0 Å². The molecule has 4 nitrogen and oxygen atoms in total. The Hall–Kier alpha value is -1.45. The number of nitrogen functional groups attached to an aromatic ring is 1. The fraction of sp³-hybridized carbons (Fsp3) is 0.500. The van der Waals surface area contributed by atoms with Crippen molar-refractivity contribution in [1.82, 2.24) is 4.98 Å². The molecule has 0 aliphatic heterocycles. The molecule has 0 aliphatic carbocycles. The molecule has 78 valence electrons. The molecule has 1 rings (SSSR count). The predicted molar refractivity (Wildman–Crippen MR) is 55.7 cm³/mol. The average molecular weight is 196 g/mol. The van der Waals surface area contributed by atoms with E-state index in [9.17, 15) is 0 Å². The van der Waals surface area contributed by atoms with Crippen LogP contribution >= 0.6 is 0 Å². The molecule has 0 saturated carbocycles. The number of anilines is 1. The predicted octanol–water partition coefficient (Wildman–Crippen LogP) is 1.77. The highest BCUT2D eigenvalue weighted by atomic mass is 16.5. The van der Waals surface area contributed by atoms with Gasteiger partial charge in [-0.15, -0.1) is 0 Å². The maximum atomic E-state index is 5.87. The zero-order valence-electron chi connectivity index (χ0n) is 8.83. The fourth-order valence-electron chi connectivity index (χ4n) is 1.19. The minimum Gasteiger partial charge on any atom is -0.490 e. The molecule has 0 bridgehead atoms. The first kappa shape index (κ1) is 10.6. The number of rotatable bonds is 4. The van der Waals surface area contributed by atoms with Gasteiger partial charge in [0.1, 0.15) is 5.69 Å². The largest absolute Gasteiger partial charge is 0.490 e. The zero-order valence-corrected chi connectivity index (χ0v) is 8.83. The molecule has 1 heterocycles. The minimum atomic E-state index is 0.529. The summed E-state index contributed by atoms with van der Waals surface area (Å²) >= 11 is 0. The summed E-state index contributed by atoms with van der Waals surface area (Å²) in [5.74, 6) is 1.21. The Bertz CT molecular complexity index is 313.